The van der Waals surface area contributed by atoms with Crippen LogP contribution in [0, 0.1) is 6.92 Å². The van der Waals surface area contributed by atoms with Crippen molar-refractivity contribution < 1.29 is 14.3 Å². The van der Waals surface area contributed by atoms with Crippen LogP contribution in [-0.2, 0) is 11.3 Å². The number of hydrogen-bond acceptors (Lipinski definition) is 3. The minimum atomic E-state index is -0.871. The van der Waals surface area contributed by atoms with Gasteiger partial charge in [0.05, 0.1) is 6.26 Å². The van der Waals surface area contributed by atoms with E-state index in [0.717, 1.165) is 11.3 Å². The molecule has 0 amide bonds. The zero-order valence-corrected chi connectivity index (χ0v) is 9.57. The van der Waals surface area contributed by atoms with E-state index in [9.17, 15) is 4.79 Å². The SMILES string of the molecule is Cc1occc1CN(C)C(C)(C)C(=O)O. The van der Waals surface area contributed by atoms with E-state index in [1.807, 2.05) is 13.0 Å². The standard InChI is InChI=1S/C11H17NO3/c1-8-9(5-6-15-8)7-12(4)11(2,3)10(13)14/h5-6H,7H2,1-4H3,(H,13,14). The first-order chi connectivity index (χ1) is 6.85. The van der Waals surface area contributed by atoms with Crippen molar-refractivity contribution in [2.24, 2.45) is 0 Å². The maximum atomic E-state index is 11.0. The summed E-state index contributed by atoms with van der Waals surface area (Å²) in [5.41, 5.74) is 0.149. The van der Waals surface area contributed by atoms with E-state index >= 15 is 0 Å². The second kappa shape index (κ2) is 4.06. The molecule has 0 aliphatic heterocycles. The maximum absolute atomic E-state index is 11.0. The minimum Gasteiger partial charge on any atom is -0.480 e. The monoisotopic (exact) mass is 211 g/mol. The van der Waals surface area contributed by atoms with E-state index in [0.29, 0.717) is 6.54 Å². The predicted octanol–water partition coefficient (Wildman–Crippen LogP) is 1.88. The van der Waals surface area contributed by atoms with Gasteiger partial charge in [0.1, 0.15) is 11.3 Å². The second-order valence-corrected chi connectivity index (χ2v) is 4.22. The molecule has 0 saturated heterocycles. The van der Waals surface area contributed by atoms with Crippen molar-refractivity contribution in [2.45, 2.75) is 32.9 Å². The van der Waals surface area contributed by atoms with Gasteiger partial charge in [-0.05, 0) is 33.9 Å². The molecular weight excluding hydrogens is 194 g/mol. The van der Waals surface area contributed by atoms with Gasteiger partial charge in [0.25, 0.3) is 0 Å². The Bertz CT molecular complexity index is 354. The lowest BCUT2D eigenvalue weighted by molar-refractivity contribution is -0.148. The van der Waals surface area contributed by atoms with Crippen LogP contribution in [0.3, 0.4) is 0 Å². The molecule has 4 heteroatoms. The quantitative estimate of drug-likeness (QED) is 0.826. The molecule has 15 heavy (non-hydrogen) atoms. The van der Waals surface area contributed by atoms with Crippen molar-refractivity contribution in [3.05, 3.63) is 23.7 Å². The number of likely N-dealkylation sites (N-methyl/N-ethyl adjacent to an activating group) is 1. The van der Waals surface area contributed by atoms with Crippen molar-refractivity contribution in [3.63, 3.8) is 0 Å². The topological polar surface area (TPSA) is 53.7 Å². The third kappa shape index (κ3) is 2.39. The van der Waals surface area contributed by atoms with Gasteiger partial charge >= 0.3 is 5.97 Å². The molecule has 0 radical (unpaired) electrons. The number of carboxylic acid groups (broad SMARTS) is 1. The Morgan fingerprint density at radius 1 is 1.60 bits per heavy atom. The Balaban J connectivity index is 2.76. The number of carboxylic acids is 1. The molecule has 1 aromatic heterocycles. The zero-order valence-electron chi connectivity index (χ0n) is 9.57. The summed E-state index contributed by atoms with van der Waals surface area (Å²) >= 11 is 0. The fourth-order valence-electron chi connectivity index (χ4n) is 1.19. The van der Waals surface area contributed by atoms with Crippen LogP contribution >= 0.6 is 0 Å². The van der Waals surface area contributed by atoms with E-state index in [1.54, 1.807) is 32.1 Å². The highest BCUT2D eigenvalue weighted by Crippen LogP contribution is 2.18. The van der Waals surface area contributed by atoms with Gasteiger partial charge in [-0.3, -0.25) is 9.69 Å². The van der Waals surface area contributed by atoms with Crippen molar-refractivity contribution in [1.29, 1.82) is 0 Å². The first-order valence-electron chi connectivity index (χ1n) is 4.83. The summed E-state index contributed by atoms with van der Waals surface area (Å²) < 4.78 is 5.16. The number of aryl methyl sites for hydroxylation is 1. The molecule has 0 atom stereocenters. The Morgan fingerprint density at radius 2 is 2.20 bits per heavy atom. The van der Waals surface area contributed by atoms with E-state index in [-0.39, 0.29) is 0 Å². The van der Waals surface area contributed by atoms with E-state index in [4.69, 9.17) is 9.52 Å². The maximum Gasteiger partial charge on any atom is 0.323 e. The third-order valence-electron chi connectivity index (χ3n) is 2.85. The van der Waals surface area contributed by atoms with Crippen LogP contribution in [-0.4, -0.2) is 28.6 Å². The van der Waals surface area contributed by atoms with Gasteiger partial charge in [0, 0.05) is 12.1 Å². The van der Waals surface area contributed by atoms with Gasteiger partial charge in [0.15, 0.2) is 0 Å². The first-order valence-corrected chi connectivity index (χ1v) is 4.83. The highest BCUT2D eigenvalue weighted by molar-refractivity contribution is 5.77. The molecule has 1 aromatic rings. The number of aliphatic carboxylic acids is 1. The van der Waals surface area contributed by atoms with Gasteiger partial charge in [-0.1, -0.05) is 0 Å². The van der Waals surface area contributed by atoms with Crippen LogP contribution in [0.5, 0.6) is 0 Å². The molecule has 0 aliphatic carbocycles. The van der Waals surface area contributed by atoms with Crippen LogP contribution in [0.25, 0.3) is 0 Å². The van der Waals surface area contributed by atoms with Gasteiger partial charge in [-0.25, -0.2) is 0 Å². The van der Waals surface area contributed by atoms with Crippen LogP contribution in [0.15, 0.2) is 16.7 Å². The number of carbonyl (C=O) groups is 1. The highest BCUT2D eigenvalue weighted by atomic mass is 16.4. The number of rotatable bonds is 4. The fraction of sp³-hybridized carbons (Fsp3) is 0.545. The third-order valence-corrected chi connectivity index (χ3v) is 2.85. The molecule has 1 heterocycles. The minimum absolute atomic E-state index is 0.571. The van der Waals surface area contributed by atoms with Crippen LogP contribution < -0.4 is 0 Å². The fourth-order valence-corrected chi connectivity index (χ4v) is 1.19. The summed E-state index contributed by atoms with van der Waals surface area (Å²) in [4.78, 5) is 12.8. The molecule has 4 nitrogen and oxygen atoms in total. The lowest BCUT2D eigenvalue weighted by Crippen LogP contribution is -2.47. The van der Waals surface area contributed by atoms with Crippen LogP contribution in [0.1, 0.15) is 25.2 Å². The summed E-state index contributed by atoms with van der Waals surface area (Å²) in [5.74, 6) is 0.00851. The van der Waals surface area contributed by atoms with Crippen molar-refractivity contribution in [1.82, 2.24) is 4.90 Å². The summed E-state index contributed by atoms with van der Waals surface area (Å²) in [5, 5.41) is 9.04. The van der Waals surface area contributed by atoms with E-state index in [2.05, 4.69) is 0 Å². The molecule has 0 fully saturated rings. The Hall–Kier alpha value is -1.29. The van der Waals surface area contributed by atoms with E-state index in [1.165, 1.54) is 0 Å². The molecule has 0 aromatic carbocycles. The van der Waals surface area contributed by atoms with Crippen LogP contribution in [0.2, 0.25) is 0 Å². The molecule has 1 N–H and O–H groups in total. The summed E-state index contributed by atoms with van der Waals surface area (Å²) in [6, 6.07) is 1.86. The number of hydrogen-bond donors (Lipinski definition) is 1. The average Bonchev–Trinajstić information content (AvgIpc) is 2.51. The highest BCUT2D eigenvalue weighted by Gasteiger charge is 2.32. The van der Waals surface area contributed by atoms with Crippen molar-refractivity contribution in [2.75, 3.05) is 7.05 Å². The van der Waals surface area contributed by atoms with E-state index < -0.39 is 11.5 Å². The molecular formula is C11H17NO3. The van der Waals surface area contributed by atoms with Crippen LogP contribution in [0.4, 0.5) is 0 Å². The molecule has 1 rings (SSSR count). The normalized spacial score (nSPS) is 12.1. The summed E-state index contributed by atoms with van der Waals surface area (Å²) in [6.07, 6.45) is 1.62. The van der Waals surface area contributed by atoms with Gasteiger partial charge in [0.2, 0.25) is 0 Å². The Morgan fingerprint density at radius 3 is 2.60 bits per heavy atom. The van der Waals surface area contributed by atoms with Gasteiger partial charge in [-0.2, -0.15) is 0 Å². The predicted molar refractivity (Wildman–Crippen MR) is 56.6 cm³/mol. The average molecular weight is 211 g/mol. The smallest absolute Gasteiger partial charge is 0.323 e. The van der Waals surface area contributed by atoms with Gasteiger partial charge < -0.3 is 9.52 Å². The van der Waals surface area contributed by atoms with Gasteiger partial charge in [-0.15, -0.1) is 0 Å². The largest absolute Gasteiger partial charge is 0.480 e. The second-order valence-electron chi connectivity index (χ2n) is 4.22. The molecule has 0 unspecified atom stereocenters. The lowest BCUT2D eigenvalue weighted by atomic mass is 10.0. The summed E-state index contributed by atoms with van der Waals surface area (Å²) in [7, 11) is 1.79. The van der Waals surface area contributed by atoms with Crippen molar-refractivity contribution >= 4 is 5.97 Å². The first kappa shape index (κ1) is 11.8. The lowest BCUT2D eigenvalue weighted by Gasteiger charge is -2.31. The zero-order chi connectivity index (χ0) is 11.6. The molecule has 0 saturated carbocycles. The number of furan rings is 1. The molecule has 0 bridgehead atoms. The summed E-state index contributed by atoms with van der Waals surface area (Å²) in [6.45, 7) is 5.81. The molecule has 84 valence electrons. The Kier molecular flexibility index (Phi) is 3.19. The Labute approximate surface area is 89.5 Å². The molecule has 0 aliphatic rings. The molecule has 0 spiro atoms. The number of nitrogens with zero attached hydrogens (tertiary/aromatic N) is 1. The van der Waals surface area contributed by atoms with Crippen molar-refractivity contribution in [3.8, 4) is 0 Å².